The van der Waals surface area contributed by atoms with E-state index >= 15 is 0 Å². The minimum atomic E-state index is -1.01. The summed E-state index contributed by atoms with van der Waals surface area (Å²) in [6, 6.07) is 10.2. The first-order valence-corrected chi connectivity index (χ1v) is 6.77. The molecule has 0 aliphatic carbocycles. The summed E-state index contributed by atoms with van der Waals surface area (Å²) in [6.07, 6.45) is 1.55. The fourth-order valence-electron chi connectivity index (χ4n) is 2.15. The second-order valence-electron chi connectivity index (χ2n) is 4.89. The maximum atomic E-state index is 11.5. The van der Waals surface area contributed by atoms with Gasteiger partial charge in [0.25, 0.3) is 0 Å². The SMILES string of the molecule is Cc1ccc(/C(=C/c2ccc(O)c(Cl)c2)C(=O)O)c(C)c1. The van der Waals surface area contributed by atoms with Crippen molar-refractivity contribution in [3.63, 3.8) is 0 Å². The summed E-state index contributed by atoms with van der Waals surface area (Å²) >= 11 is 5.85. The Balaban J connectivity index is 2.55. The molecule has 0 amide bonds. The van der Waals surface area contributed by atoms with Gasteiger partial charge in [0, 0.05) is 0 Å². The third kappa shape index (κ3) is 3.44. The van der Waals surface area contributed by atoms with Crippen molar-refractivity contribution in [1.29, 1.82) is 0 Å². The molecular weight excluding hydrogens is 288 g/mol. The van der Waals surface area contributed by atoms with Gasteiger partial charge in [-0.2, -0.15) is 0 Å². The van der Waals surface area contributed by atoms with Gasteiger partial charge in [-0.3, -0.25) is 0 Å². The summed E-state index contributed by atoms with van der Waals surface area (Å²) in [5, 5.41) is 19.1. The molecule has 0 fully saturated rings. The number of aromatic hydroxyl groups is 1. The Morgan fingerprint density at radius 3 is 2.43 bits per heavy atom. The number of phenolic OH excluding ortho intramolecular Hbond substituents is 1. The number of halogens is 1. The van der Waals surface area contributed by atoms with Crippen LogP contribution in [0.15, 0.2) is 36.4 Å². The molecule has 0 heterocycles. The average Bonchev–Trinajstić information content (AvgIpc) is 2.40. The number of carboxylic acids is 1. The van der Waals surface area contributed by atoms with Gasteiger partial charge in [-0.15, -0.1) is 0 Å². The molecule has 0 saturated heterocycles. The van der Waals surface area contributed by atoms with Gasteiger partial charge in [0.1, 0.15) is 5.75 Å². The van der Waals surface area contributed by atoms with E-state index in [4.69, 9.17) is 11.6 Å². The van der Waals surface area contributed by atoms with E-state index in [2.05, 4.69) is 0 Å². The number of hydrogen-bond donors (Lipinski definition) is 2. The number of hydrogen-bond acceptors (Lipinski definition) is 2. The third-order valence-electron chi connectivity index (χ3n) is 3.19. The average molecular weight is 303 g/mol. The molecular formula is C17H15ClO3. The quantitative estimate of drug-likeness (QED) is 0.657. The molecule has 0 atom stereocenters. The van der Waals surface area contributed by atoms with Gasteiger partial charge >= 0.3 is 5.97 Å². The lowest BCUT2D eigenvalue weighted by molar-refractivity contribution is -0.130. The summed E-state index contributed by atoms with van der Waals surface area (Å²) in [4.78, 5) is 11.5. The number of aryl methyl sites for hydroxylation is 2. The van der Waals surface area contributed by atoms with E-state index in [0.29, 0.717) is 11.1 Å². The molecule has 2 aromatic rings. The van der Waals surface area contributed by atoms with Crippen molar-refractivity contribution < 1.29 is 15.0 Å². The molecule has 108 valence electrons. The van der Waals surface area contributed by atoms with E-state index in [9.17, 15) is 15.0 Å². The Kier molecular flexibility index (Phi) is 4.34. The maximum Gasteiger partial charge on any atom is 0.336 e. The number of carbonyl (C=O) groups is 1. The highest BCUT2D eigenvalue weighted by Crippen LogP contribution is 2.27. The lowest BCUT2D eigenvalue weighted by Crippen LogP contribution is -2.01. The topological polar surface area (TPSA) is 57.5 Å². The zero-order valence-corrected chi connectivity index (χ0v) is 12.5. The van der Waals surface area contributed by atoms with E-state index in [1.165, 1.54) is 12.1 Å². The normalized spacial score (nSPS) is 11.5. The van der Waals surface area contributed by atoms with Crippen molar-refractivity contribution in [3.8, 4) is 5.75 Å². The number of aliphatic carboxylic acids is 1. The van der Waals surface area contributed by atoms with Gasteiger partial charge in [0.15, 0.2) is 0 Å². The molecule has 0 bridgehead atoms. The van der Waals surface area contributed by atoms with Crippen molar-refractivity contribution in [2.24, 2.45) is 0 Å². The van der Waals surface area contributed by atoms with Crippen molar-refractivity contribution in [2.45, 2.75) is 13.8 Å². The zero-order chi connectivity index (χ0) is 15.6. The van der Waals surface area contributed by atoms with E-state index in [1.54, 1.807) is 18.2 Å². The Morgan fingerprint density at radius 1 is 1.14 bits per heavy atom. The first-order valence-electron chi connectivity index (χ1n) is 6.39. The van der Waals surface area contributed by atoms with Gasteiger partial charge in [-0.05, 0) is 48.7 Å². The molecule has 4 heteroatoms. The fourth-order valence-corrected chi connectivity index (χ4v) is 2.34. The van der Waals surface area contributed by atoms with Crippen LogP contribution < -0.4 is 0 Å². The molecule has 2 rings (SSSR count). The molecule has 2 N–H and O–H groups in total. The van der Waals surface area contributed by atoms with Crippen molar-refractivity contribution in [3.05, 3.63) is 63.7 Å². The predicted molar refractivity (Wildman–Crippen MR) is 84.5 cm³/mol. The van der Waals surface area contributed by atoms with Gasteiger partial charge in [-0.25, -0.2) is 4.79 Å². The molecule has 2 aromatic carbocycles. The highest BCUT2D eigenvalue weighted by atomic mass is 35.5. The summed E-state index contributed by atoms with van der Waals surface area (Å²) in [5.74, 6) is -1.04. The number of benzene rings is 2. The Labute approximate surface area is 128 Å². The van der Waals surface area contributed by atoms with Crippen LogP contribution in [-0.4, -0.2) is 16.2 Å². The molecule has 0 aliphatic rings. The summed E-state index contributed by atoms with van der Waals surface area (Å²) in [6.45, 7) is 3.84. The second-order valence-corrected chi connectivity index (χ2v) is 5.30. The van der Waals surface area contributed by atoms with Crippen LogP contribution in [0.4, 0.5) is 0 Å². The monoisotopic (exact) mass is 302 g/mol. The number of phenols is 1. The van der Waals surface area contributed by atoms with Crippen LogP contribution in [0, 0.1) is 13.8 Å². The summed E-state index contributed by atoms with van der Waals surface area (Å²) in [7, 11) is 0. The van der Waals surface area contributed by atoms with Crippen molar-refractivity contribution in [1.82, 2.24) is 0 Å². The van der Waals surface area contributed by atoms with E-state index in [-0.39, 0.29) is 16.3 Å². The van der Waals surface area contributed by atoms with Crippen molar-refractivity contribution >= 4 is 29.2 Å². The van der Waals surface area contributed by atoms with Gasteiger partial charge in [0.2, 0.25) is 0 Å². The summed E-state index contributed by atoms with van der Waals surface area (Å²) < 4.78 is 0. The standard InChI is InChI=1S/C17H15ClO3/c1-10-3-5-13(11(2)7-10)14(17(20)21)8-12-4-6-16(19)15(18)9-12/h3-9,19H,1-2H3,(H,20,21)/b14-8-. The molecule has 0 saturated carbocycles. The maximum absolute atomic E-state index is 11.5. The van der Waals surface area contributed by atoms with E-state index in [0.717, 1.165) is 11.1 Å². The first-order chi connectivity index (χ1) is 9.88. The Bertz CT molecular complexity index is 733. The highest BCUT2D eigenvalue weighted by molar-refractivity contribution is 6.32. The fraction of sp³-hybridized carbons (Fsp3) is 0.118. The summed E-state index contributed by atoms with van der Waals surface area (Å²) in [5.41, 5.74) is 3.45. The Hall–Kier alpha value is -2.26. The van der Waals surface area contributed by atoms with E-state index in [1.807, 2.05) is 26.0 Å². The minimum absolute atomic E-state index is 0.0304. The lowest BCUT2D eigenvalue weighted by Gasteiger charge is -2.08. The van der Waals surface area contributed by atoms with Crippen LogP contribution in [0.25, 0.3) is 11.6 Å². The molecule has 3 nitrogen and oxygen atoms in total. The zero-order valence-electron chi connectivity index (χ0n) is 11.7. The molecule has 0 spiro atoms. The third-order valence-corrected chi connectivity index (χ3v) is 3.49. The van der Waals surface area contributed by atoms with Gasteiger partial charge in [-0.1, -0.05) is 41.4 Å². The Morgan fingerprint density at radius 2 is 1.86 bits per heavy atom. The highest BCUT2D eigenvalue weighted by Gasteiger charge is 2.13. The van der Waals surface area contributed by atoms with Crippen LogP contribution in [0.1, 0.15) is 22.3 Å². The molecule has 21 heavy (non-hydrogen) atoms. The van der Waals surface area contributed by atoms with Crippen LogP contribution >= 0.6 is 11.6 Å². The molecule has 0 radical (unpaired) electrons. The van der Waals surface area contributed by atoms with Crippen molar-refractivity contribution in [2.75, 3.05) is 0 Å². The molecule has 0 aromatic heterocycles. The van der Waals surface area contributed by atoms with Crippen LogP contribution in [-0.2, 0) is 4.79 Å². The lowest BCUT2D eigenvalue weighted by atomic mass is 9.97. The van der Waals surface area contributed by atoms with Crippen LogP contribution in [0.2, 0.25) is 5.02 Å². The van der Waals surface area contributed by atoms with Crippen LogP contribution in [0.3, 0.4) is 0 Å². The predicted octanol–water partition coefficient (Wildman–Crippen LogP) is 4.29. The van der Waals surface area contributed by atoms with Crippen LogP contribution in [0.5, 0.6) is 5.75 Å². The minimum Gasteiger partial charge on any atom is -0.506 e. The van der Waals surface area contributed by atoms with E-state index < -0.39 is 5.97 Å². The second kappa shape index (κ2) is 6.02. The van der Waals surface area contributed by atoms with Gasteiger partial charge in [0.05, 0.1) is 10.6 Å². The molecule has 0 aliphatic heterocycles. The largest absolute Gasteiger partial charge is 0.506 e. The molecule has 0 unspecified atom stereocenters. The first kappa shape index (κ1) is 15.1. The smallest absolute Gasteiger partial charge is 0.336 e. The van der Waals surface area contributed by atoms with Gasteiger partial charge < -0.3 is 10.2 Å². The number of carboxylic acid groups (broad SMARTS) is 1. The number of rotatable bonds is 3.